The minimum atomic E-state index is -1.56. The molecule has 0 radical (unpaired) electrons. The molecule has 1 N–H and O–H groups in total. The Hall–Kier alpha value is -1.09. The van der Waals surface area contributed by atoms with E-state index in [0.29, 0.717) is 11.6 Å². The van der Waals surface area contributed by atoms with Crippen LogP contribution in [0, 0.1) is 5.92 Å². The first-order valence-corrected chi connectivity index (χ1v) is 9.38. The lowest BCUT2D eigenvalue weighted by Crippen LogP contribution is -2.62. The fourth-order valence-corrected chi connectivity index (χ4v) is 5.70. The Morgan fingerprint density at radius 1 is 1.24 bits per heavy atom. The van der Waals surface area contributed by atoms with E-state index in [1.807, 2.05) is 0 Å². The second-order valence-corrected chi connectivity index (χ2v) is 10.6. The van der Waals surface area contributed by atoms with Crippen LogP contribution in [-0.4, -0.2) is 20.0 Å². The van der Waals surface area contributed by atoms with E-state index in [1.165, 1.54) is 5.19 Å². The summed E-state index contributed by atoms with van der Waals surface area (Å²) in [5.41, 5.74) is 0.480. The summed E-state index contributed by atoms with van der Waals surface area (Å²) in [6.45, 7) is 9.09. The third kappa shape index (κ3) is 2.04. The Morgan fingerprint density at radius 3 is 2.29 bits per heavy atom. The van der Waals surface area contributed by atoms with Crippen LogP contribution in [0.4, 0.5) is 0 Å². The van der Waals surface area contributed by atoms with Crippen LogP contribution >= 0.6 is 0 Å². The largest absolute Gasteiger partial charge is 0.353 e. The third-order valence-corrected chi connectivity index (χ3v) is 8.86. The molecule has 0 aromatic heterocycles. The van der Waals surface area contributed by atoms with E-state index in [1.54, 1.807) is 0 Å². The Bertz CT molecular complexity index is 415. The SMILES string of the molecule is C[C@@H]1NC(=O)[C@@H]1[C@H](C)[Si](C)(C)c1ccccc1. The van der Waals surface area contributed by atoms with Gasteiger partial charge in [0.2, 0.25) is 5.91 Å². The number of amides is 1. The Labute approximate surface area is 104 Å². The fraction of sp³-hybridized carbons (Fsp3) is 0.500. The molecule has 3 heteroatoms. The quantitative estimate of drug-likeness (QED) is 0.643. The van der Waals surface area contributed by atoms with E-state index >= 15 is 0 Å². The van der Waals surface area contributed by atoms with Crippen molar-refractivity contribution in [3.63, 3.8) is 0 Å². The second-order valence-electron chi connectivity index (χ2n) is 5.70. The monoisotopic (exact) mass is 247 g/mol. The highest BCUT2D eigenvalue weighted by Gasteiger charge is 2.46. The van der Waals surface area contributed by atoms with Crippen LogP contribution in [0.25, 0.3) is 0 Å². The van der Waals surface area contributed by atoms with Gasteiger partial charge in [0.1, 0.15) is 0 Å². The lowest BCUT2D eigenvalue weighted by Gasteiger charge is -2.44. The highest BCUT2D eigenvalue weighted by atomic mass is 28.3. The number of nitrogens with one attached hydrogen (secondary N) is 1. The highest BCUT2D eigenvalue weighted by molar-refractivity contribution is 6.91. The van der Waals surface area contributed by atoms with E-state index in [-0.39, 0.29) is 11.8 Å². The maximum absolute atomic E-state index is 11.7. The zero-order valence-electron chi connectivity index (χ0n) is 11.0. The first kappa shape index (κ1) is 12.4. The zero-order valence-corrected chi connectivity index (χ0v) is 12.0. The minimum Gasteiger partial charge on any atom is -0.353 e. The molecule has 1 heterocycles. The van der Waals surface area contributed by atoms with Gasteiger partial charge in [-0.3, -0.25) is 4.79 Å². The van der Waals surface area contributed by atoms with Gasteiger partial charge in [-0.05, 0) is 12.5 Å². The number of carbonyl (C=O) groups is 1. The van der Waals surface area contributed by atoms with Crippen LogP contribution in [-0.2, 0) is 4.79 Å². The van der Waals surface area contributed by atoms with Crippen molar-refractivity contribution in [2.75, 3.05) is 0 Å². The summed E-state index contributed by atoms with van der Waals surface area (Å²) in [6.07, 6.45) is 0. The van der Waals surface area contributed by atoms with Crippen molar-refractivity contribution in [3.8, 4) is 0 Å². The molecule has 1 aliphatic heterocycles. The molecule has 1 aromatic rings. The van der Waals surface area contributed by atoms with Gasteiger partial charge >= 0.3 is 0 Å². The van der Waals surface area contributed by atoms with Crippen molar-refractivity contribution in [2.24, 2.45) is 5.92 Å². The summed E-state index contributed by atoms with van der Waals surface area (Å²) >= 11 is 0. The predicted octanol–water partition coefficient (Wildman–Crippen LogP) is 2.13. The standard InChI is InChI=1S/C14H21NOSi/c1-10-13(14(16)15-10)11(2)17(3,4)12-8-6-5-7-9-12/h5-11,13H,1-4H3,(H,15,16)/t10-,11-,13-/m0/s1. The first-order valence-electron chi connectivity index (χ1n) is 6.30. The lowest BCUT2D eigenvalue weighted by molar-refractivity contribution is -0.134. The molecule has 0 aliphatic carbocycles. The summed E-state index contributed by atoms with van der Waals surface area (Å²) in [4.78, 5) is 11.7. The van der Waals surface area contributed by atoms with Crippen molar-refractivity contribution in [2.45, 2.75) is 38.5 Å². The van der Waals surface area contributed by atoms with Crippen molar-refractivity contribution in [3.05, 3.63) is 30.3 Å². The van der Waals surface area contributed by atoms with E-state index < -0.39 is 8.07 Å². The average Bonchev–Trinajstić information content (AvgIpc) is 2.29. The Kier molecular flexibility index (Phi) is 3.12. The second kappa shape index (κ2) is 4.30. The van der Waals surface area contributed by atoms with Gasteiger partial charge in [-0.2, -0.15) is 0 Å². The van der Waals surface area contributed by atoms with Crippen molar-refractivity contribution in [1.29, 1.82) is 0 Å². The number of carbonyl (C=O) groups excluding carboxylic acids is 1. The summed E-state index contributed by atoms with van der Waals surface area (Å²) in [6, 6.07) is 11.0. The van der Waals surface area contributed by atoms with Crippen molar-refractivity contribution < 1.29 is 4.79 Å². The van der Waals surface area contributed by atoms with Gasteiger partial charge in [0, 0.05) is 6.04 Å². The number of rotatable bonds is 3. The molecule has 1 amide bonds. The maximum Gasteiger partial charge on any atom is 0.225 e. The van der Waals surface area contributed by atoms with E-state index in [9.17, 15) is 4.79 Å². The number of hydrogen-bond acceptors (Lipinski definition) is 1. The molecule has 0 bridgehead atoms. The molecule has 1 saturated heterocycles. The van der Waals surface area contributed by atoms with E-state index in [4.69, 9.17) is 0 Å². The summed E-state index contributed by atoms with van der Waals surface area (Å²) in [5, 5.41) is 4.39. The first-order chi connectivity index (χ1) is 7.94. The number of hydrogen-bond donors (Lipinski definition) is 1. The predicted molar refractivity (Wildman–Crippen MR) is 74.1 cm³/mol. The fourth-order valence-electron chi connectivity index (χ4n) is 2.78. The Morgan fingerprint density at radius 2 is 1.82 bits per heavy atom. The molecule has 2 rings (SSSR count). The van der Waals surface area contributed by atoms with Gasteiger partial charge in [0.25, 0.3) is 0 Å². The van der Waals surface area contributed by atoms with Gasteiger partial charge in [0.05, 0.1) is 14.0 Å². The highest BCUT2D eigenvalue weighted by Crippen LogP contribution is 2.35. The zero-order chi connectivity index (χ0) is 12.6. The van der Waals surface area contributed by atoms with Gasteiger partial charge in [-0.15, -0.1) is 0 Å². The molecule has 1 aromatic carbocycles. The molecule has 3 atom stereocenters. The number of benzene rings is 1. The van der Waals surface area contributed by atoms with Crippen molar-refractivity contribution in [1.82, 2.24) is 5.32 Å². The summed E-state index contributed by atoms with van der Waals surface area (Å²) in [5.74, 6) is 0.443. The molecular formula is C14H21NOSi. The number of β-lactam (4-membered cyclic amide) rings is 1. The van der Waals surface area contributed by atoms with Gasteiger partial charge in [0.15, 0.2) is 0 Å². The van der Waals surface area contributed by atoms with Crippen LogP contribution in [0.2, 0.25) is 18.6 Å². The smallest absolute Gasteiger partial charge is 0.225 e. The molecule has 0 unspecified atom stereocenters. The maximum atomic E-state index is 11.7. The topological polar surface area (TPSA) is 29.1 Å². The van der Waals surface area contributed by atoms with Crippen LogP contribution in [0.1, 0.15) is 13.8 Å². The molecule has 92 valence electrons. The molecule has 1 fully saturated rings. The van der Waals surface area contributed by atoms with Gasteiger partial charge in [-0.1, -0.05) is 55.5 Å². The van der Waals surface area contributed by atoms with Crippen LogP contribution in [0.15, 0.2) is 30.3 Å². The minimum absolute atomic E-state index is 0.205. The normalized spacial score (nSPS) is 26.0. The van der Waals surface area contributed by atoms with Gasteiger partial charge < -0.3 is 5.32 Å². The average molecular weight is 247 g/mol. The van der Waals surface area contributed by atoms with Gasteiger partial charge in [-0.25, -0.2) is 0 Å². The molecule has 2 nitrogen and oxygen atoms in total. The Balaban J connectivity index is 2.24. The molecule has 17 heavy (non-hydrogen) atoms. The molecular weight excluding hydrogens is 226 g/mol. The molecule has 0 spiro atoms. The lowest BCUT2D eigenvalue weighted by atomic mass is 9.89. The van der Waals surface area contributed by atoms with E-state index in [0.717, 1.165) is 0 Å². The van der Waals surface area contributed by atoms with Crippen LogP contribution < -0.4 is 10.5 Å². The van der Waals surface area contributed by atoms with E-state index in [2.05, 4.69) is 62.6 Å². The molecule has 0 saturated carbocycles. The molecule has 1 aliphatic rings. The van der Waals surface area contributed by atoms with Crippen molar-refractivity contribution >= 4 is 19.2 Å². The van der Waals surface area contributed by atoms with Crippen LogP contribution in [0.5, 0.6) is 0 Å². The van der Waals surface area contributed by atoms with Crippen LogP contribution in [0.3, 0.4) is 0 Å². The summed E-state index contributed by atoms with van der Waals surface area (Å²) in [7, 11) is -1.56. The summed E-state index contributed by atoms with van der Waals surface area (Å²) < 4.78 is 0. The third-order valence-electron chi connectivity index (χ3n) is 4.41.